The lowest BCUT2D eigenvalue weighted by atomic mass is 10.2. The SMILES string of the molecule is CC.Cc1nc2c(s1)C(=O)NCC2. The highest BCUT2D eigenvalue weighted by atomic mass is 32.1. The van der Waals surface area contributed by atoms with E-state index >= 15 is 0 Å². The van der Waals surface area contributed by atoms with Crippen molar-refractivity contribution in [2.45, 2.75) is 27.2 Å². The molecule has 3 nitrogen and oxygen atoms in total. The van der Waals surface area contributed by atoms with Crippen LogP contribution in [0.4, 0.5) is 0 Å². The Labute approximate surface area is 82.2 Å². The maximum absolute atomic E-state index is 11.2. The molecule has 0 aliphatic carbocycles. The van der Waals surface area contributed by atoms with Crippen LogP contribution in [-0.2, 0) is 6.42 Å². The van der Waals surface area contributed by atoms with E-state index in [4.69, 9.17) is 0 Å². The molecule has 72 valence electrons. The van der Waals surface area contributed by atoms with E-state index in [2.05, 4.69) is 10.3 Å². The van der Waals surface area contributed by atoms with Crippen molar-refractivity contribution in [1.29, 1.82) is 0 Å². The summed E-state index contributed by atoms with van der Waals surface area (Å²) < 4.78 is 0. The lowest BCUT2D eigenvalue weighted by molar-refractivity contribution is 0.0950. The van der Waals surface area contributed by atoms with Crippen molar-refractivity contribution in [1.82, 2.24) is 10.3 Å². The van der Waals surface area contributed by atoms with E-state index in [0.717, 1.165) is 28.5 Å². The summed E-state index contributed by atoms with van der Waals surface area (Å²) >= 11 is 1.48. The number of amides is 1. The second kappa shape index (κ2) is 4.37. The van der Waals surface area contributed by atoms with Gasteiger partial charge in [0.25, 0.3) is 5.91 Å². The first-order valence-electron chi connectivity index (χ1n) is 4.52. The van der Waals surface area contributed by atoms with Crippen LogP contribution in [0.2, 0.25) is 0 Å². The van der Waals surface area contributed by atoms with Crippen molar-refractivity contribution in [2.75, 3.05) is 6.54 Å². The van der Waals surface area contributed by atoms with Crippen molar-refractivity contribution in [3.8, 4) is 0 Å². The summed E-state index contributed by atoms with van der Waals surface area (Å²) in [4.78, 5) is 16.2. The number of nitrogens with one attached hydrogen (secondary N) is 1. The predicted octanol–water partition coefficient (Wildman–Crippen LogP) is 1.76. The van der Waals surface area contributed by atoms with Gasteiger partial charge in [0.1, 0.15) is 4.88 Å². The molecule has 0 atom stereocenters. The van der Waals surface area contributed by atoms with E-state index in [1.165, 1.54) is 11.3 Å². The van der Waals surface area contributed by atoms with Gasteiger partial charge in [0.15, 0.2) is 0 Å². The van der Waals surface area contributed by atoms with Crippen molar-refractivity contribution in [3.05, 3.63) is 15.6 Å². The third-order valence-electron chi connectivity index (χ3n) is 1.66. The molecule has 4 heteroatoms. The monoisotopic (exact) mass is 198 g/mol. The minimum Gasteiger partial charge on any atom is -0.351 e. The van der Waals surface area contributed by atoms with E-state index < -0.39 is 0 Å². The zero-order chi connectivity index (χ0) is 9.84. The molecule has 0 saturated heterocycles. The summed E-state index contributed by atoms with van der Waals surface area (Å²) in [5.41, 5.74) is 0.969. The van der Waals surface area contributed by atoms with Gasteiger partial charge in [0.2, 0.25) is 0 Å². The number of aromatic nitrogens is 1. The number of aryl methyl sites for hydroxylation is 1. The Bertz CT molecular complexity index is 307. The van der Waals surface area contributed by atoms with Crippen LogP contribution in [-0.4, -0.2) is 17.4 Å². The number of fused-ring (bicyclic) bond motifs is 1. The molecule has 1 aromatic rings. The van der Waals surface area contributed by atoms with Crippen LogP contribution in [0.5, 0.6) is 0 Å². The molecule has 0 spiro atoms. The Kier molecular flexibility index (Phi) is 3.42. The van der Waals surface area contributed by atoms with Gasteiger partial charge >= 0.3 is 0 Å². The second-order valence-corrected chi connectivity index (χ2v) is 3.72. The van der Waals surface area contributed by atoms with Crippen LogP contribution in [0.25, 0.3) is 0 Å². The third-order valence-corrected chi connectivity index (χ3v) is 2.67. The Morgan fingerprint density at radius 2 is 2.15 bits per heavy atom. The van der Waals surface area contributed by atoms with Gasteiger partial charge in [-0.2, -0.15) is 0 Å². The van der Waals surface area contributed by atoms with Gasteiger partial charge < -0.3 is 5.32 Å². The largest absolute Gasteiger partial charge is 0.351 e. The Hall–Kier alpha value is -0.900. The standard InChI is InChI=1S/C7H8N2OS.C2H6/c1-4-9-5-2-3-8-7(10)6(5)11-4;1-2/h2-3H2,1H3,(H,8,10);1-2H3. The van der Waals surface area contributed by atoms with Gasteiger partial charge in [-0.15, -0.1) is 11.3 Å². The quantitative estimate of drug-likeness (QED) is 0.690. The number of thiazole rings is 1. The maximum atomic E-state index is 11.2. The fraction of sp³-hybridized carbons (Fsp3) is 0.556. The Morgan fingerprint density at radius 1 is 1.46 bits per heavy atom. The summed E-state index contributed by atoms with van der Waals surface area (Å²) in [6.07, 6.45) is 0.880. The highest BCUT2D eigenvalue weighted by molar-refractivity contribution is 7.13. The smallest absolute Gasteiger partial charge is 0.263 e. The predicted molar refractivity (Wildman–Crippen MR) is 54.2 cm³/mol. The highest BCUT2D eigenvalue weighted by Crippen LogP contribution is 2.20. The summed E-state index contributed by atoms with van der Waals surface area (Å²) in [7, 11) is 0. The summed E-state index contributed by atoms with van der Waals surface area (Å²) in [6.45, 7) is 6.66. The summed E-state index contributed by atoms with van der Waals surface area (Å²) in [5.74, 6) is 0.0388. The van der Waals surface area contributed by atoms with Gasteiger partial charge in [-0.1, -0.05) is 13.8 Å². The summed E-state index contributed by atoms with van der Waals surface area (Å²) in [5, 5.41) is 3.76. The Balaban J connectivity index is 0.000000396. The van der Waals surface area contributed by atoms with Crippen LogP contribution in [0.15, 0.2) is 0 Å². The molecule has 0 saturated carbocycles. The lowest BCUT2D eigenvalue weighted by Gasteiger charge is -2.09. The molecule has 13 heavy (non-hydrogen) atoms. The van der Waals surface area contributed by atoms with E-state index in [1.54, 1.807) is 0 Å². The molecule has 0 bridgehead atoms. The Morgan fingerprint density at radius 3 is 2.77 bits per heavy atom. The molecule has 1 aromatic heterocycles. The molecule has 1 aliphatic heterocycles. The molecule has 1 amide bonds. The zero-order valence-electron chi connectivity index (χ0n) is 8.18. The fourth-order valence-corrected chi connectivity index (χ4v) is 2.07. The molecule has 2 heterocycles. The molecule has 1 aliphatic rings. The van der Waals surface area contributed by atoms with Crippen molar-refractivity contribution in [2.24, 2.45) is 0 Å². The van der Waals surface area contributed by atoms with E-state index in [0.29, 0.717) is 0 Å². The van der Waals surface area contributed by atoms with Crippen molar-refractivity contribution in [3.63, 3.8) is 0 Å². The minimum atomic E-state index is 0.0388. The number of nitrogens with zero attached hydrogens (tertiary/aromatic N) is 1. The van der Waals surface area contributed by atoms with Gasteiger partial charge in [-0.25, -0.2) is 4.98 Å². The maximum Gasteiger partial charge on any atom is 0.263 e. The minimum absolute atomic E-state index is 0.0388. The van der Waals surface area contributed by atoms with Crippen LogP contribution in [0.1, 0.15) is 34.2 Å². The normalized spacial score (nSPS) is 13.9. The molecule has 0 radical (unpaired) electrons. The van der Waals surface area contributed by atoms with E-state index in [-0.39, 0.29) is 5.91 Å². The van der Waals surface area contributed by atoms with Crippen molar-refractivity contribution >= 4 is 17.2 Å². The van der Waals surface area contributed by atoms with Crippen LogP contribution >= 0.6 is 11.3 Å². The summed E-state index contributed by atoms with van der Waals surface area (Å²) in [6, 6.07) is 0. The average molecular weight is 198 g/mol. The number of hydrogen-bond donors (Lipinski definition) is 1. The lowest BCUT2D eigenvalue weighted by Crippen LogP contribution is -2.30. The molecule has 2 rings (SSSR count). The molecule has 0 fully saturated rings. The highest BCUT2D eigenvalue weighted by Gasteiger charge is 2.19. The van der Waals surface area contributed by atoms with Gasteiger partial charge in [-0.3, -0.25) is 4.79 Å². The second-order valence-electron chi connectivity index (χ2n) is 2.51. The number of hydrogen-bond acceptors (Lipinski definition) is 3. The molecular formula is C9H14N2OS. The number of rotatable bonds is 0. The van der Waals surface area contributed by atoms with Crippen LogP contribution in [0, 0.1) is 6.92 Å². The molecular weight excluding hydrogens is 184 g/mol. The van der Waals surface area contributed by atoms with E-state index in [1.807, 2.05) is 20.8 Å². The molecule has 0 unspecified atom stereocenters. The first kappa shape index (κ1) is 10.2. The molecule has 1 N–H and O–H groups in total. The first-order chi connectivity index (χ1) is 6.27. The topological polar surface area (TPSA) is 42.0 Å². The first-order valence-corrected chi connectivity index (χ1v) is 5.33. The van der Waals surface area contributed by atoms with Crippen LogP contribution in [0.3, 0.4) is 0 Å². The zero-order valence-corrected chi connectivity index (χ0v) is 8.99. The number of carbonyl (C=O) groups excluding carboxylic acids is 1. The fourth-order valence-electron chi connectivity index (χ4n) is 1.19. The van der Waals surface area contributed by atoms with Gasteiger partial charge in [0, 0.05) is 13.0 Å². The van der Waals surface area contributed by atoms with Crippen LogP contribution < -0.4 is 5.32 Å². The van der Waals surface area contributed by atoms with Gasteiger partial charge in [-0.05, 0) is 6.92 Å². The number of carbonyl (C=O) groups is 1. The average Bonchev–Trinajstić information content (AvgIpc) is 2.51. The third kappa shape index (κ3) is 2.06. The van der Waals surface area contributed by atoms with Gasteiger partial charge in [0.05, 0.1) is 10.7 Å². The molecule has 0 aromatic carbocycles. The van der Waals surface area contributed by atoms with E-state index in [9.17, 15) is 4.79 Å². The van der Waals surface area contributed by atoms with Crippen molar-refractivity contribution < 1.29 is 4.79 Å².